The molecule has 2 aromatic rings. The monoisotopic (exact) mass is 479 g/mol. The first kappa shape index (κ1) is 24.4. The highest BCUT2D eigenvalue weighted by Gasteiger charge is 2.30. The molecular formula is C23H30ClN3O4S. The molecule has 1 aliphatic heterocycles. The van der Waals surface area contributed by atoms with E-state index < -0.39 is 15.6 Å². The van der Waals surface area contributed by atoms with Crippen molar-refractivity contribution in [3.8, 4) is 5.75 Å². The summed E-state index contributed by atoms with van der Waals surface area (Å²) in [5.41, 5.74) is 0.0104. The van der Waals surface area contributed by atoms with E-state index in [-0.39, 0.29) is 18.2 Å². The van der Waals surface area contributed by atoms with Crippen LogP contribution in [0.4, 0.5) is 5.69 Å². The van der Waals surface area contributed by atoms with Gasteiger partial charge in [-0.25, -0.2) is 8.42 Å². The number of ether oxygens (including phenoxy) is 1. The zero-order valence-electron chi connectivity index (χ0n) is 18.5. The summed E-state index contributed by atoms with van der Waals surface area (Å²) >= 11 is 5.87. The number of piperazine rings is 1. The number of carbonyl (C=O) groups excluding carboxylic acids is 1. The predicted molar refractivity (Wildman–Crippen MR) is 128 cm³/mol. The van der Waals surface area contributed by atoms with Crippen molar-refractivity contribution in [2.75, 3.05) is 43.4 Å². The van der Waals surface area contributed by atoms with Crippen LogP contribution in [-0.2, 0) is 14.8 Å². The van der Waals surface area contributed by atoms with E-state index in [1.807, 2.05) is 30.3 Å². The maximum absolute atomic E-state index is 12.7. The van der Waals surface area contributed by atoms with Crippen molar-refractivity contribution >= 4 is 33.2 Å². The molecule has 0 saturated carbocycles. The van der Waals surface area contributed by atoms with Crippen LogP contribution in [-0.4, -0.2) is 62.7 Å². The molecule has 7 nitrogen and oxygen atoms in total. The third-order valence-electron chi connectivity index (χ3n) is 5.35. The van der Waals surface area contributed by atoms with Gasteiger partial charge in [0.1, 0.15) is 5.75 Å². The van der Waals surface area contributed by atoms with Gasteiger partial charge < -0.3 is 15.0 Å². The normalized spacial score (nSPS) is 15.4. The second-order valence-electron chi connectivity index (χ2n) is 8.21. The van der Waals surface area contributed by atoms with Gasteiger partial charge in [0.25, 0.3) is 5.91 Å². The van der Waals surface area contributed by atoms with Crippen LogP contribution in [0.2, 0.25) is 5.02 Å². The highest BCUT2D eigenvalue weighted by atomic mass is 35.5. The fraction of sp³-hybridized carbons (Fsp3) is 0.435. The second-order valence-corrected chi connectivity index (χ2v) is 10.7. The number of nitrogens with zero attached hydrogens (tertiary/aromatic N) is 2. The van der Waals surface area contributed by atoms with Crippen LogP contribution < -0.4 is 15.0 Å². The van der Waals surface area contributed by atoms with E-state index in [1.165, 1.54) is 0 Å². The molecule has 0 atom stereocenters. The van der Waals surface area contributed by atoms with E-state index in [0.717, 1.165) is 5.69 Å². The van der Waals surface area contributed by atoms with Gasteiger partial charge in [0.05, 0.1) is 5.75 Å². The summed E-state index contributed by atoms with van der Waals surface area (Å²) in [5, 5.41) is 3.36. The third kappa shape index (κ3) is 6.60. The predicted octanol–water partition coefficient (Wildman–Crippen LogP) is 3.16. The molecule has 2 aromatic carbocycles. The van der Waals surface area contributed by atoms with Gasteiger partial charge in [0, 0.05) is 43.4 Å². The molecule has 1 saturated heterocycles. The Morgan fingerprint density at radius 2 is 1.66 bits per heavy atom. The van der Waals surface area contributed by atoms with Gasteiger partial charge in [0.15, 0.2) is 5.60 Å². The molecule has 1 fully saturated rings. The van der Waals surface area contributed by atoms with E-state index in [0.29, 0.717) is 43.4 Å². The summed E-state index contributed by atoms with van der Waals surface area (Å²) in [4.78, 5) is 14.7. The van der Waals surface area contributed by atoms with Gasteiger partial charge in [-0.15, -0.1) is 0 Å². The van der Waals surface area contributed by atoms with Crippen LogP contribution in [0.15, 0.2) is 54.6 Å². The highest BCUT2D eigenvalue weighted by molar-refractivity contribution is 7.89. The third-order valence-corrected chi connectivity index (χ3v) is 7.56. The summed E-state index contributed by atoms with van der Waals surface area (Å²) in [6, 6.07) is 16.8. The van der Waals surface area contributed by atoms with E-state index in [2.05, 4.69) is 10.2 Å². The minimum atomic E-state index is -3.36. The van der Waals surface area contributed by atoms with Crippen molar-refractivity contribution in [3.63, 3.8) is 0 Å². The fourth-order valence-corrected chi connectivity index (χ4v) is 5.12. The van der Waals surface area contributed by atoms with Gasteiger partial charge in [0.2, 0.25) is 10.0 Å². The quantitative estimate of drug-likeness (QED) is 0.559. The Morgan fingerprint density at radius 3 is 2.28 bits per heavy atom. The number of sulfonamides is 1. The molecule has 0 spiro atoms. The van der Waals surface area contributed by atoms with E-state index >= 15 is 0 Å². The zero-order valence-corrected chi connectivity index (χ0v) is 20.0. The molecule has 174 valence electrons. The van der Waals surface area contributed by atoms with Crippen molar-refractivity contribution in [2.45, 2.75) is 25.9 Å². The summed E-state index contributed by atoms with van der Waals surface area (Å²) in [7, 11) is -3.36. The topological polar surface area (TPSA) is 78.9 Å². The molecule has 3 rings (SSSR count). The lowest BCUT2D eigenvalue weighted by molar-refractivity contribution is -0.134. The summed E-state index contributed by atoms with van der Waals surface area (Å²) in [5.74, 6) is 0.227. The standard InChI is InChI=1S/C23H30ClN3O4S/c1-23(2,31-21-11-9-19(24)10-12-21)22(28)25-13-6-18-32(29,30)27-16-14-26(15-17-27)20-7-4-3-5-8-20/h3-5,7-12H,6,13-18H2,1-2H3,(H,25,28). The molecular weight excluding hydrogens is 450 g/mol. The summed E-state index contributed by atoms with van der Waals surface area (Å²) < 4.78 is 32.7. The SMILES string of the molecule is CC(C)(Oc1ccc(Cl)cc1)C(=O)NCCCS(=O)(=O)N1CCN(c2ccccc2)CC1. The van der Waals surface area contributed by atoms with Gasteiger partial charge in [-0.05, 0) is 56.7 Å². The average Bonchev–Trinajstić information content (AvgIpc) is 2.78. The number of nitrogens with one attached hydrogen (secondary N) is 1. The molecule has 1 heterocycles. The van der Waals surface area contributed by atoms with Crippen LogP contribution >= 0.6 is 11.6 Å². The Bertz CT molecular complexity index is 990. The number of anilines is 1. The summed E-state index contributed by atoms with van der Waals surface area (Å²) in [6.07, 6.45) is 0.337. The van der Waals surface area contributed by atoms with Gasteiger partial charge in [-0.2, -0.15) is 4.31 Å². The first-order valence-electron chi connectivity index (χ1n) is 10.7. The second kappa shape index (κ2) is 10.6. The maximum atomic E-state index is 12.7. The minimum Gasteiger partial charge on any atom is -0.478 e. The number of rotatable bonds is 9. The number of para-hydroxylation sites is 1. The molecule has 0 radical (unpaired) electrons. The number of hydrogen-bond acceptors (Lipinski definition) is 5. The Labute approximate surface area is 195 Å². The highest BCUT2D eigenvalue weighted by Crippen LogP contribution is 2.21. The van der Waals surface area contributed by atoms with Crippen LogP contribution in [0.3, 0.4) is 0 Å². The summed E-state index contributed by atoms with van der Waals surface area (Å²) in [6.45, 7) is 5.85. The van der Waals surface area contributed by atoms with Crippen molar-refractivity contribution in [1.29, 1.82) is 0 Å². The first-order valence-corrected chi connectivity index (χ1v) is 12.7. The van der Waals surface area contributed by atoms with Crippen LogP contribution in [0.5, 0.6) is 5.75 Å². The average molecular weight is 480 g/mol. The fourth-order valence-electron chi connectivity index (χ4n) is 3.51. The number of halogens is 1. The molecule has 1 amide bonds. The van der Waals surface area contributed by atoms with Crippen molar-refractivity contribution in [1.82, 2.24) is 9.62 Å². The van der Waals surface area contributed by atoms with Crippen molar-refractivity contribution in [3.05, 3.63) is 59.6 Å². The molecule has 0 aromatic heterocycles. The van der Waals surface area contributed by atoms with Crippen LogP contribution in [0.1, 0.15) is 20.3 Å². The van der Waals surface area contributed by atoms with Crippen molar-refractivity contribution < 1.29 is 17.9 Å². The lowest BCUT2D eigenvalue weighted by atomic mass is 10.1. The number of carbonyl (C=O) groups is 1. The minimum absolute atomic E-state index is 0.00289. The maximum Gasteiger partial charge on any atom is 0.263 e. The van der Waals surface area contributed by atoms with Gasteiger partial charge in [-0.3, -0.25) is 4.79 Å². The lowest BCUT2D eigenvalue weighted by Gasteiger charge is -2.35. The van der Waals surface area contributed by atoms with E-state index in [1.54, 1.807) is 42.4 Å². The van der Waals surface area contributed by atoms with E-state index in [9.17, 15) is 13.2 Å². The Balaban J connectivity index is 1.41. The Hall–Kier alpha value is -2.29. The van der Waals surface area contributed by atoms with Gasteiger partial charge >= 0.3 is 0 Å². The zero-order chi connectivity index (χ0) is 23.2. The lowest BCUT2D eigenvalue weighted by Crippen LogP contribution is -2.50. The first-order chi connectivity index (χ1) is 15.2. The largest absolute Gasteiger partial charge is 0.478 e. The Morgan fingerprint density at radius 1 is 1.03 bits per heavy atom. The molecule has 32 heavy (non-hydrogen) atoms. The number of benzene rings is 2. The van der Waals surface area contributed by atoms with Crippen LogP contribution in [0, 0.1) is 0 Å². The number of hydrogen-bond donors (Lipinski definition) is 1. The van der Waals surface area contributed by atoms with Gasteiger partial charge in [-0.1, -0.05) is 29.8 Å². The molecule has 0 aliphatic carbocycles. The van der Waals surface area contributed by atoms with Crippen molar-refractivity contribution in [2.24, 2.45) is 0 Å². The number of amides is 1. The molecule has 1 N–H and O–H groups in total. The smallest absolute Gasteiger partial charge is 0.263 e. The molecule has 0 unspecified atom stereocenters. The molecule has 9 heteroatoms. The van der Waals surface area contributed by atoms with E-state index in [4.69, 9.17) is 16.3 Å². The Kier molecular flexibility index (Phi) is 8.03. The molecule has 1 aliphatic rings. The van der Waals surface area contributed by atoms with Crippen LogP contribution in [0.25, 0.3) is 0 Å². The molecule has 0 bridgehead atoms.